The molecule has 0 aliphatic rings. The Morgan fingerprint density at radius 3 is 1.24 bits per heavy atom. The van der Waals surface area contributed by atoms with Gasteiger partial charge in [0.25, 0.3) is 0 Å². The van der Waals surface area contributed by atoms with Crippen molar-refractivity contribution in [2.75, 3.05) is 0 Å². The first-order valence-electron chi connectivity index (χ1n) is 15.4. The number of phenols is 1. The van der Waals surface area contributed by atoms with Crippen LogP contribution in [0.4, 0.5) is 5.69 Å². The standard InChI is InChI=1S/C43H32AsNO/c46-43-40(33-18-6-1-7-19-33)30-39(31-41(43)34-20-8-2-9-21-34)45-32-35-22-16-17-29-42(35)44(36-23-10-3-11-24-36,37-25-12-4-13-26-37)38-27-14-5-15-28-38/h1-32H/p+1. The fourth-order valence-electron chi connectivity index (χ4n) is 6.23. The van der Waals surface area contributed by atoms with Crippen LogP contribution in [0.2, 0.25) is 0 Å². The van der Waals surface area contributed by atoms with Crippen LogP contribution in [0.1, 0.15) is 5.56 Å². The maximum atomic E-state index is 11.5. The molecule has 3 heteroatoms. The third kappa shape index (κ3) is 5.60. The summed E-state index contributed by atoms with van der Waals surface area (Å²) in [5.41, 5.74) is 5.26. The molecule has 0 saturated heterocycles. The number of benzene rings is 7. The molecule has 7 rings (SSSR count). The van der Waals surface area contributed by atoms with Gasteiger partial charge < -0.3 is 0 Å². The predicted molar refractivity (Wildman–Crippen MR) is 196 cm³/mol. The zero-order valence-corrected chi connectivity index (χ0v) is 27.2. The van der Waals surface area contributed by atoms with Crippen LogP contribution >= 0.6 is 0 Å². The van der Waals surface area contributed by atoms with E-state index in [9.17, 15) is 5.11 Å². The predicted octanol–water partition coefficient (Wildman–Crippen LogP) is 7.85. The molecule has 0 aliphatic heterocycles. The van der Waals surface area contributed by atoms with Crippen LogP contribution in [-0.2, 0) is 0 Å². The monoisotopic (exact) mass is 654 g/mol. The summed E-state index contributed by atoms with van der Waals surface area (Å²) in [7, 11) is 0. The van der Waals surface area contributed by atoms with Gasteiger partial charge in [-0.15, -0.1) is 0 Å². The molecule has 0 radical (unpaired) electrons. The topological polar surface area (TPSA) is 32.6 Å². The Hall–Kier alpha value is -5.43. The Balaban J connectivity index is 1.44. The van der Waals surface area contributed by atoms with E-state index >= 15 is 0 Å². The minimum absolute atomic E-state index is 0.252. The number of nitrogens with zero attached hydrogens (tertiary/aromatic N) is 1. The van der Waals surface area contributed by atoms with Crippen molar-refractivity contribution in [2.24, 2.45) is 4.99 Å². The Morgan fingerprint density at radius 1 is 0.435 bits per heavy atom. The first-order chi connectivity index (χ1) is 22.7. The second-order valence-corrected chi connectivity index (χ2v) is 18.2. The van der Waals surface area contributed by atoms with E-state index in [0.29, 0.717) is 0 Å². The zero-order valence-electron chi connectivity index (χ0n) is 25.3. The van der Waals surface area contributed by atoms with Gasteiger partial charge in [0.05, 0.1) is 0 Å². The van der Waals surface area contributed by atoms with Gasteiger partial charge in [-0.25, -0.2) is 0 Å². The van der Waals surface area contributed by atoms with Crippen molar-refractivity contribution >= 4 is 42.9 Å². The van der Waals surface area contributed by atoms with Gasteiger partial charge in [0.15, 0.2) is 0 Å². The van der Waals surface area contributed by atoms with Crippen LogP contribution in [0.3, 0.4) is 0 Å². The molecule has 46 heavy (non-hydrogen) atoms. The SMILES string of the molecule is Oc1c(-c2ccccc2)cc(N=Cc2ccccc2[As+](c2ccccc2)(c2ccccc2)c2ccccc2)cc1-c1ccccc1. The van der Waals surface area contributed by atoms with Crippen molar-refractivity contribution in [1.82, 2.24) is 0 Å². The summed E-state index contributed by atoms with van der Waals surface area (Å²) in [6.07, 6.45) is 2.01. The van der Waals surface area contributed by atoms with Crippen molar-refractivity contribution in [2.45, 2.75) is 0 Å². The van der Waals surface area contributed by atoms with E-state index in [1.165, 1.54) is 17.4 Å². The molecule has 0 fully saturated rings. The molecule has 7 aromatic carbocycles. The number of hydrogen-bond acceptors (Lipinski definition) is 2. The van der Waals surface area contributed by atoms with Gasteiger partial charge in [-0.2, -0.15) is 0 Å². The molecule has 0 bridgehead atoms. The fourth-order valence-corrected chi connectivity index (χ4v) is 15.5. The first-order valence-corrected chi connectivity index (χ1v) is 19.2. The second kappa shape index (κ2) is 13.3. The molecule has 0 heterocycles. The number of rotatable bonds is 8. The van der Waals surface area contributed by atoms with Crippen molar-refractivity contribution in [3.05, 3.63) is 194 Å². The molecule has 2 nitrogen and oxygen atoms in total. The second-order valence-electron chi connectivity index (χ2n) is 11.1. The zero-order chi connectivity index (χ0) is 31.2. The quantitative estimate of drug-likeness (QED) is 0.131. The van der Waals surface area contributed by atoms with E-state index in [-0.39, 0.29) is 5.75 Å². The van der Waals surface area contributed by atoms with Crippen molar-refractivity contribution in [3.63, 3.8) is 0 Å². The van der Waals surface area contributed by atoms with E-state index < -0.39 is 13.6 Å². The van der Waals surface area contributed by atoms with E-state index in [4.69, 9.17) is 4.99 Å². The molecule has 0 amide bonds. The van der Waals surface area contributed by atoms with Gasteiger partial charge in [-0.1, -0.05) is 0 Å². The molecule has 0 saturated carbocycles. The van der Waals surface area contributed by atoms with Crippen LogP contribution in [0.5, 0.6) is 5.75 Å². The molecule has 0 aliphatic carbocycles. The van der Waals surface area contributed by atoms with Crippen LogP contribution < -0.4 is 17.4 Å². The summed E-state index contributed by atoms with van der Waals surface area (Å²) in [4.78, 5) is 5.14. The summed E-state index contributed by atoms with van der Waals surface area (Å²) in [6, 6.07) is 65.7. The number of phenolic OH excluding ortho intramolecular Hbond substituents is 1. The summed E-state index contributed by atoms with van der Waals surface area (Å²) in [5.74, 6) is 0.252. The molecule has 0 aromatic heterocycles. The van der Waals surface area contributed by atoms with E-state index in [0.717, 1.165) is 33.5 Å². The van der Waals surface area contributed by atoms with Crippen LogP contribution in [0, 0.1) is 0 Å². The van der Waals surface area contributed by atoms with E-state index in [1.54, 1.807) is 0 Å². The van der Waals surface area contributed by atoms with E-state index in [1.807, 2.05) is 79.0 Å². The van der Waals surface area contributed by atoms with Gasteiger partial charge in [0.2, 0.25) is 0 Å². The minimum atomic E-state index is -3.26. The number of aliphatic imine (C=N–C) groups is 1. The average Bonchev–Trinajstić information content (AvgIpc) is 3.14. The Bertz CT molecular complexity index is 1920. The van der Waals surface area contributed by atoms with Crippen molar-refractivity contribution in [1.29, 1.82) is 0 Å². The molecule has 7 aromatic rings. The van der Waals surface area contributed by atoms with Crippen molar-refractivity contribution < 1.29 is 5.11 Å². The van der Waals surface area contributed by atoms with Crippen LogP contribution in [0.25, 0.3) is 22.3 Å². The molecular weight excluding hydrogens is 621 g/mol. The van der Waals surface area contributed by atoms with Gasteiger partial charge in [-0.05, 0) is 0 Å². The maximum absolute atomic E-state index is 11.5. The van der Waals surface area contributed by atoms with Gasteiger partial charge in [0, 0.05) is 0 Å². The summed E-state index contributed by atoms with van der Waals surface area (Å²) < 4.78 is 5.35. The third-order valence-corrected chi connectivity index (χ3v) is 17.5. The van der Waals surface area contributed by atoms with E-state index in [2.05, 4.69) is 115 Å². The average molecular weight is 655 g/mol. The van der Waals surface area contributed by atoms with Gasteiger partial charge in [-0.3, -0.25) is 0 Å². The Kier molecular flexibility index (Phi) is 8.46. The number of aromatic hydroxyl groups is 1. The van der Waals surface area contributed by atoms with Crippen LogP contribution in [-0.4, -0.2) is 24.9 Å². The third-order valence-electron chi connectivity index (χ3n) is 8.35. The van der Waals surface area contributed by atoms with Crippen LogP contribution in [0.15, 0.2) is 193 Å². The Morgan fingerprint density at radius 2 is 0.804 bits per heavy atom. The van der Waals surface area contributed by atoms with Crippen molar-refractivity contribution in [3.8, 4) is 28.0 Å². The first kappa shape index (κ1) is 29.3. The summed E-state index contributed by atoms with van der Waals surface area (Å²) >= 11 is -3.26. The summed E-state index contributed by atoms with van der Waals surface area (Å²) in [5, 5.41) is 11.5. The normalized spacial score (nSPS) is 11.5. The molecule has 0 spiro atoms. The molecule has 0 unspecified atom stereocenters. The Labute approximate surface area is 273 Å². The fraction of sp³-hybridized carbons (Fsp3) is 0. The molecule has 1 N–H and O–H groups in total. The number of hydrogen-bond donors (Lipinski definition) is 1. The van der Waals surface area contributed by atoms with Gasteiger partial charge in [0.1, 0.15) is 0 Å². The molecular formula is C43H33AsNO+. The molecule has 220 valence electrons. The molecule has 0 atom stereocenters. The van der Waals surface area contributed by atoms with Gasteiger partial charge >= 0.3 is 275 Å². The summed E-state index contributed by atoms with van der Waals surface area (Å²) in [6.45, 7) is 0.